The molecule has 1 unspecified atom stereocenters. The van der Waals surface area contributed by atoms with E-state index < -0.39 is 78.7 Å². The highest BCUT2D eigenvalue weighted by Crippen LogP contribution is 2.65. The third-order valence-corrected chi connectivity index (χ3v) is 14.8. The number of carbonyl (C=O) groups excluding carboxylic acids is 5. The summed E-state index contributed by atoms with van der Waals surface area (Å²) in [6.45, 7) is 10.4. The minimum absolute atomic E-state index is 0.0233. The van der Waals surface area contributed by atoms with Crippen LogP contribution in [0.5, 0.6) is 0 Å². The van der Waals surface area contributed by atoms with E-state index in [1.807, 2.05) is 43.3 Å². The molecule has 370 valence electrons. The Bertz CT molecular complexity index is 2450. The summed E-state index contributed by atoms with van der Waals surface area (Å²) in [5.41, 5.74) is 23.0. The fourth-order valence-electron chi connectivity index (χ4n) is 10.4. The van der Waals surface area contributed by atoms with Crippen molar-refractivity contribution in [2.75, 3.05) is 6.54 Å². The molecule has 3 saturated carbocycles. The number of aromatic amines is 1. The molecule has 1 saturated heterocycles. The smallest absolute Gasteiger partial charge is 0.403 e. The van der Waals surface area contributed by atoms with Crippen LogP contribution in [-0.2, 0) is 41.3 Å². The summed E-state index contributed by atoms with van der Waals surface area (Å²) >= 11 is 0. The predicted molar refractivity (Wildman–Crippen MR) is 265 cm³/mol. The minimum Gasteiger partial charge on any atom is -0.403 e. The molecule has 69 heavy (non-hydrogen) atoms. The van der Waals surface area contributed by atoms with Gasteiger partial charge in [0, 0.05) is 29.1 Å². The van der Waals surface area contributed by atoms with Crippen LogP contribution in [0.15, 0.2) is 79.0 Å². The molecule has 0 spiro atoms. The van der Waals surface area contributed by atoms with Crippen LogP contribution in [0.3, 0.4) is 0 Å². The third kappa shape index (κ3) is 11.5. The summed E-state index contributed by atoms with van der Waals surface area (Å²) in [6, 6.07) is 17.9. The van der Waals surface area contributed by atoms with Crippen molar-refractivity contribution in [3.8, 4) is 11.1 Å². The molecule has 17 nitrogen and oxygen atoms in total. The third-order valence-electron chi connectivity index (χ3n) is 14.8. The molecule has 1 aliphatic heterocycles. The molecule has 13 N–H and O–H groups in total. The highest BCUT2D eigenvalue weighted by molar-refractivity contribution is 6.47. The van der Waals surface area contributed by atoms with Crippen LogP contribution in [0.1, 0.15) is 101 Å². The van der Waals surface area contributed by atoms with E-state index in [0.717, 1.165) is 59.7 Å². The molecule has 2 heterocycles. The van der Waals surface area contributed by atoms with Crippen LogP contribution in [0.25, 0.3) is 22.0 Å². The molecular weight excluding hydrogens is 877 g/mol. The van der Waals surface area contributed by atoms with Crippen LogP contribution in [-0.4, -0.2) is 101 Å². The molecule has 4 aliphatic rings. The van der Waals surface area contributed by atoms with Crippen LogP contribution in [0.4, 0.5) is 0 Å². The number of aromatic nitrogens is 1. The summed E-state index contributed by atoms with van der Waals surface area (Å²) < 4.78 is 12.7. The van der Waals surface area contributed by atoms with E-state index in [-0.39, 0.29) is 30.3 Å². The first kappa shape index (κ1) is 51.2. The molecule has 3 aliphatic carbocycles. The summed E-state index contributed by atoms with van der Waals surface area (Å²) in [7, 11) is -0.903. The lowest BCUT2D eigenvalue weighted by atomic mass is 9.43. The van der Waals surface area contributed by atoms with Crippen molar-refractivity contribution in [2.45, 2.75) is 141 Å². The molecule has 3 aromatic carbocycles. The molecule has 5 amide bonds. The highest BCUT2D eigenvalue weighted by atomic mass is 16.7. The quantitative estimate of drug-likeness (QED) is 0.0311. The number of unbranched alkanes of at least 4 members (excludes halogenated alkanes) is 2. The average Bonchev–Trinajstić information content (AvgIpc) is 3.92. The van der Waals surface area contributed by atoms with Crippen molar-refractivity contribution in [3.63, 3.8) is 0 Å². The van der Waals surface area contributed by atoms with E-state index in [1.54, 1.807) is 18.3 Å². The van der Waals surface area contributed by atoms with Crippen LogP contribution < -0.4 is 43.8 Å². The maximum atomic E-state index is 14.2. The molecule has 8 rings (SSSR count). The maximum absolute atomic E-state index is 14.2. The number of benzene rings is 3. The Morgan fingerprint density at radius 3 is 2.16 bits per heavy atom. The van der Waals surface area contributed by atoms with Gasteiger partial charge in [0.1, 0.15) is 24.2 Å². The van der Waals surface area contributed by atoms with Crippen molar-refractivity contribution in [1.29, 1.82) is 0 Å². The standard InChI is InChI=1S/C51H70BN9O8/c1-6-7-12-30-16-18-31(19-17-30)32-20-22-33(23-21-32)44(63)58-39(25-34-28-56-37-14-9-8-13-36(34)37)46(65)59-42(29(2)62)47(66)60-43(54)48(67)57-38(15-10-11-24-53)45(64)61-49(55)52-68-41-27-35-26-40(50(35,3)4)51(41,5)69-52/h8-9,13-14,16-23,28-29,35,38-43,49,56,62H,6-7,10-12,15,24-27,53-55H2,1-5H3,(H,57,67)(H,58,63)(H,59,65)(H,60,66)(H,61,64)/t29-,35+,38+,39+,40+,41?,42+,43-,49-,51+/m1/s1. The number of aliphatic hydroxyl groups excluding tert-OH is 1. The second-order valence-corrected chi connectivity index (χ2v) is 19.9. The second kappa shape index (κ2) is 22.0. The number of rotatable bonds is 22. The molecule has 2 bridgehead atoms. The Kier molecular flexibility index (Phi) is 16.3. The van der Waals surface area contributed by atoms with Gasteiger partial charge in [-0.15, -0.1) is 0 Å². The first-order valence-corrected chi connectivity index (χ1v) is 24.4. The fraction of sp³-hybridized carbons (Fsp3) is 0.510. The Morgan fingerprint density at radius 2 is 1.49 bits per heavy atom. The van der Waals surface area contributed by atoms with Gasteiger partial charge >= 0.3 is 7.12 Å². The lowest BCUT2D eigenvalue weighted by molar-refractivity contribution is -0.199. The molecule has 18 heteroatoms. The Morgan fingerprint density at radius 1 is 0.812 bits per heavy atom. The van der Waals surface area contributed by atoms with Gasteiger partial charge in [-0.1, -0.05) is 81.8 Å². The number of nitrogens with one attached hydrogen (secondary N) is 6. The van der Waals surface area contributed by atoms with Crippen molar-refractivity contribution in [1.82, 2.24) is 31.6 Å². The Labute approximate surface area is 404 Å². The van der Waals surface area contributed by atoms with Gasteiger partial charge in [-0.25, -0.2) is 0 Å². The lowest BCUT2D eigenvalue weighted by Crippen LogP contribution is -2.65. The van der Waals surface area contributed by atoms with Crippen molar-refractivity contribution < 1.29 is 38.4 Å². The van der Waals surface area contributed by atoms with Gasteiger partial charge in [-0.05, 0) is 123 Å². The number of hydrogen-bond acceptors (Lipinski definition) is 11. The van der Waals surface area contributed by atoms with Crippen LogP contribution in [0.2, 0.25) is 0 Å². The van der Waals surface area contributed by atoms with Gasteiger partial charge < -0.3 is 63.2 Å². The van der Waals surface area contributed by atoms with E-state index in [1.165, 1.54) is 12.5 Å². The molecule has 1 aromatic heterocycles. The lowest BCUT2D eigenvalue weighted by Gasteiger charge is -2.64. The van der Waals surface area contributed by atoms with E-state index in [2.05, 4.69) is 76.6 Å². The van der Waals surface area contributed by atoms with Gasteiger partial charge in [0.25, 0.3) is 11.8 Å². The zero-order valence-corrected chi connectivity index (χ0v) is 40.4. The van der Waals surface area contributed by atoms with Gasteiger partial charge in [0.2, 0.25) is 17.7 Å². The van der Waals surface area contributed by atoms with Gasteiger partial charge in [0.15, 0.2) is 6.17 Å². The summed E-state index contributed by atoms with van der Waals surface area (Å²) in [6.07, 6.45) is 4.79. The first-order chi connectivity index (χ1) is 32.9. The predicted octanol–water partition coefficient (Wildman–Crippen LogP) is 3.07. The monoisotopic (exact) mass is 948 g/mol. The van der Waals surface area contributed by atoms with E-state index in [0.29, 0.717) is 30.9 Å². The molecule has 4 aromatic rings. The number of amides is 5. The second-order valence-electron chi connectivity index (χ2n) is 19.9. The average molecular weight is 948 g/mol. The Hall–Kier alpha value is -5.63. The number of aliphatic hydroxyl groups is 1. The minimum atomic E-state index is -1.71. The molecule has 0 radical (unpaired) electrons. The van der Waals surface area contributed by atoms with E-state index in [4.69, 9.17) is 26.5 Å². The van der Waals surface area contributed by atoms with Gasteiger partial charge in [0.05, 0.1) is 17.8 Å². The van der Waals surface area contributed by atoms with Crippen LogP contribution >= 0.6 is 0 Å². The SMILES string of the molecule is CCCCc1ccc(-c2ccc(C(=O)N[C@@H](Cc3c[nH]c4ccccc34)C(=O)N[C@H](C(=O)N[C@@H](N)C(=O)N[C@@H](CCCCN)C(=O)N[C@@H](N)B3OC4C[C@@H]5C[C@@H](C5(C)C)[C@]4(C)O3)[C@@H](C)O)cc2)cc1. The zero-order valence-electron chi connectivity index (χ0n) is 40.4. The molecular formula is C51H70BN9O8. The number of H-pyrrole nitrogens is 1. The first-order valence-electron chi connectivity index (χ1n) is 24.4. The highest BCUT2D eigenvalue weighted by Gasteiger charge is 2.68. The maximum Gasteiger partial charge on any atom is 0.497 e. The number of carbonyl (C=O) groups is 5. The zero-order chi connectivity index (χ0) is 49.6. The Balaban J connectivity index is 0.988. The van der Waals surface area contributed by atoms with Crippen molar-refractivity contribution in [2.24, 2.45) is 34.5 Å². The number of para-hydroxylation sites is 1. The summed E-state index contributed by atoms with van der Waals surface area (Å²) in [5, 5.41) is 24.8. The fourth-order valence-corrected chi connectivity index (χ4v) is 10.4. The largest absolute Gasteiger partial charge is 0.497 e. The van der Waals surface area contributed by atoms with Crippen molar-refractivity contribution >= 4 is 47.6 Å². The normalized spacial score (nSPS) is 22.7. The topological polar surface area (TPSA) is 278 Å². The number of nitrogens with two attached hydrogens (primary N) is 3. The van der Waals surface area contributed by atoms with Gasteiger partial charge in [-0.2, -0.15) is 0 Å². The number of fused-ring (bicyclic) bond motifs is 1. The summed E-state index contributed by atoms with van der Waals surface area (Å²) in [4.78, 5) is 72.2. The number of hydrogen-bond donors (Lipinski definition) is 10. The van der Waals surface area contributed by atoms with Crippen LogP contribution in [0, 0.1) is 17.3 Å². The molecule has 4 fully saturated rings. The van der Waals surface area contributed by atoms with Gasteiger partial charge in [-0.3, -0.25) is 24.0 Å². The van der Waals surface area contributed by atoms with Crippen molar-refractivity contribution in [3.05, 3.63) is 95.7 Å². The van der Waals surface area contributed by atoms with E-state index in [9.17, 15) is 29.1 Å². The van der Waals surface area contributed by atoms with E-state index >= 15 is 0 Å². The number of aryl methyl sites for hydroxylation is 1. The summed E-state index contributed by atoms with van der Waals surface area (Å²) in [5.74, 6) is -3.00. The molecule has 10 atom stereocenters.